The molecule has 0 aromatic heterocycles. The lowest BCUT2D eigenvalue weighted by molar-refractivity contribution is -0.145. The number of esters is 1. The summed E-state index contributed by atoms with van der Waals surface area (Å²) >= 11 is 6.22. The Kier molecular flexibility index (Phi) is 7.60. The summed E-state index contributed by atoms with van der Waals surface area (Å²) in [5, 5.41) is 8.67. The van der Waals surface area contributed by atoms with Crippen LogP contribution in [0.15, 0.2) is 47.7 Å². The van der Waals surface area contributed by atoms with E-state index < -0.39 is 23.9 Å². The first-order valence-electron chi connectivity index (χ1n) is 10.4. The van der Waals surface area contributed by atoms with Gasteiger partial charge in [0.05, 0.1) is 18.2 Å². The van der Waals surface area contributed by atoms with Crippen LogP contribution in [-0.2, 0) is 14.3 Å². The summed E-state index contributed by atoms with van der Waals surface area (Å²) in [6, 6.07) is 9.04. The molecule has 0 aliphatic carbocycles. The summed E-state index contributed by atoms with van der Waals surface area (Å²) in [6.07, 6.45) is 0. The van der Waals surface area contributed by atoms with Gasteiger partial charge in [0.25, 0.3) is 5.91 Å². The number of rotatable bonds is 7. The van der Waals surface area contributed by atoms with E-state index in [1.165, 1.54) is 0 Å². The normalized spacial score (nSPS) is 15.4. The number of nitrogens with one attached hydrogen (secondary N) is 3. The molecule has 2 aromatic rings. The number of carbonyl (C=O) groups excluding carboxylic acids is 3. The third-order valence-corrected chi connectivity index (χ3v) is 5.45. The van der Waals surface area contributed by atoms with Crippen molar-refractivity contribution >= 4 is 35.2 Å². The van der Waals surface area contributed by atoms with E-state index in [4.69, 9.17) is 21.1 Å². The zero-order chi connectivity index (χ0) is 24.1. The molecule has 0 spiro atoms. The lowest BCUT2D eigenvalue weighted by atomic mass is 9.94. The Morgan fingerprint density at radius 1 is 1.09 bits per heavy atom. The van der Waals surface area contributed by atoms with Gasteiger partial charge < -0.3 is 25.4 Å². The SMILES string of the molecule is CCOC(=O)COc1ccc(Cl)cc1[C@H]1NC(=O)NC(C)=C1C(=O)Nc1ccc(C)c(C)c1. The molecule has 1 atom stereocenters. The van der Waals surface area contributed by atoms with Crippen LogP contribution in [0.2, 0.25) is 5.02 Å². The molecule has 9 heteroatoms. The fourth-order valence-corrected chi connectivity index (χ4v) is 3.64. The van der Waals surface area contributed by atoms with E-state index in [0.717, 1.165) is 11.1 Å². The summed E-state index contributed by atoms with van der Waals surface area (Å²) in [5.41, 5.74) is 3.89. The summed E-state index contributed by atoms with van der Waals surface area (Å²) in [4.78, 5) is 37.4. The second-order valence-corrected chi connectivity index (χ2v) is 8.04. The van der Waals surface area contributed by atoms with E-state index in [1.807, 2.05) is 32.0 Å². The number of urea groups is 1. The van der Waals surface area contributed by atoms with Gasteiger partial charge in [0, 0.05) is 22.0 Å². The Morgan fingerprint density at radius 3 is 2.55 bits per heavy atom. The second-order valence-electron chi connectivity index (χ2n) is 7.60. The number of hydrogen-bond donors (Lipinski definition) is 3. The van der Waals surface area contributed by atoms with Crippen LogP contribution in [0, 0.1) is 13.8 Å². The fraction of sp³-hybridized carbons (Fsp3) is 0.292. The van der Waals surface area contributed by atoms with Crippen molar-refractivity contribution in [2.45, 2.75) is 33.7 Å². The van der Waals surface area contributed by atoms with Crippen molar-refractivity contribution in [3.8, 4) is 5.75 Å². The first kappa shape index (κ1) is 24.1. The van der Waals surface area contributed by atoms with E-state index >= 15 is 0 Å². The highest BCUT2D eigenvalue weighted by molar-refractivity contribution is 6.30. The molecule has 8 nitrogen and oxygen atoms in total. The Bertz CT molecular complexity index is 1130. The van der Waals surface area contributed by atoms with Crippen molar-refractivity contribution in [2.75, 3.05) is 18.5 Å². The van der Waals surface area contributed by atoms with Gasteiger partial charge in [-0.25, -0.2) is 9.59 Å². The predicted molar refractivity (Wildman–Crippen MR) is 125 cm³/mol. The van der Waals surface area contributed by atoms with Crippen LogP contribution >= 0.6 is 11.6 Å². The molecular formula is C24H26ClN3O5. The van der Waals surface area contributed by atoms with Gasteiger partial charge >= 0.3 is 12.0 Å². The Morgan fingerprint density at radius 2 is 1.85 bits per heavy atom. The number of ether oxygens (including phenoxy) is 2. The summed E-state index contributed by atoms with van der Waals surface area (Å²) in [7, 11) is 0. The number of carbonyl (C=O) groups is 3. The zero-order valence-corrected chi connectivity index (χ0v) is 19.6. The van der Waals surface area contributed by atoms with Crippen LogP contribution in [0.3, 0.4) is 0 Å². The molecular weight excluding hydrogens is 446 g/mol. The molecule has 1 aliphatic heterocycles. The topological polar surface area (TPSA) is 106 Å². The molecule has 1 aliphatic rings. The van der Waals surface area contributed by atoms with Gasteiger partial charge in [-0.15, -0.1) is 0 Å². The van der Waals surface area contributed by atoms with Gasteiger partial charge in [0.1, 0.15) is 5.75 Å². The average Bonchev–Trinajstić information content (AvgIpc) is 2.75. The van der Waals surface area contributed by atoms with Gasteiger partial charge in [-0.2, -0.15) is 0 Å². The number of aryl methyl sites for hydroxylation is 2. The molecule has 3 rings (SSSR count). The van der Waals surface area contributed by atoms with E-state index in [0.29, 0.717) is 27.7 Å². The number of amides is 3. The number of allylic oxidation sites excluding steroid dienone is 1. The Hall–Kier alpha value is -3.52. The second kappa shape index (κ2) is 10.4. The summed E-state index contributed by atoms with van der Waals surface area (Å²) in [5.74, 6) is -0.638. The first-order valence-corrected chi connectivity index (χ1v) is 10.8. The van der Waals surface area contributed by atoms with Crippen LogP contribution in [0.5, 0.6) is 5.75 Å². The molecule has 3 amide bonds. The minimum Gasteiger partial charge on any atom is -0.482 e. The van der Waals surface area contributed by atoms with Crippen molar-refractivity contribution in [2.24, 2.45) is 0 Å². The Balaban J connectivity index is 1.96. The highest BCUT2D eigenvalue weighted by Gasteiger charge is 2.33. The molecule has 0 radical (unpaired) electrons. The van der Waals surface area contributed by atoms with Crippen molar-refractivity contribution in [1.82, 2.24) is 10.6 Å². The number of halogens is 1. The average molecular weight is 472 g/mol. The van der Waals surface area contributed by atoms with Crippen molar-refractivity contribution in [3.05, 3.63) is 69.4 Å². The fourth-order valence-electron chi connectivity index (χ4n) is 3.46. The monoisotopic (exact) mass is 471 g/mol. The van der Waals surface area contributed by atoms with E-state index in [9.17, 15) is 14.4 Å². The molecule has 0 fully saturated rings. The van der Waals surface area contributed by atoms with Gasteiger partial charge in [0.2, 0.25) is 0 Å². The van der Waals surface area contributed by atoms with Crippen LogP contribution in [0.25, 0.3) is 0 Å². The maximum Gasteiger partial charge on any atom is 0.344 e. The van der Waals surface area contributed by atoms with Gasteiger partial charge in [-0.1, -0.05) is 17.7 Å². The van der Waals surface area contributed by atoms with Crippen LogP contribution in [0.1, 0.15) is 36.6 Å². The molecule has 0 saturated carbocycles. The highest BCUT2D eigenvalue weighted by atomic mass is 35.5. The molecule has 33 heavy (non-hydrogen) atoms. The molecule has 2 aromatic carbocycles. The third kappa shape index (κ3) is 5.84. The maximum atomic E-state index is 13.3. The quantitative estimate of drug-likeness (QED) is 0.526. The van der Waals surface area contributed by atoms with Crippen molar-refractivity contribution in [1.29, 1.82) is 0 Å². The van der Waals surface area contributed by atoms with E-state index in [1.54, 1.807) is 32.0 Å². The zero-order valence-electron chi connectivity index (χ0n) is 18.9. The third-order valence-electron chi connectivity index (χ3n) is 5.21. The van der Waals surface area contributed by atoms with Crippen LogP contribution < -0.4 is 20.7 Å². The Labute approximate surface area is 197 Å². The van der Waals surface area contributed by atoms with Crippen molar-refractivity contribution < 1.29 is 23.9 Å². The number of benzene rings is 2. The number of hydrogen-bond acceptors (Lipinski definition) is 5. The van der Waals surface area contributed by atoms with Crippen LogP contribution in [-0.4, -0.2) is 31.1 Å². The van der Waals surface area contributed by atoms with E-state index in [-0.39, 0.29) is 18.8 Å². The minimum atomic E-state index is -0.860. The standard InChI is InChI=1S/C24H26ClN3O5/c1-5-32-20(29)12-33-19-9-7-16(25)11-18(19)22-21(15(4)26-24(31)28-22)23(30)27-17-8-6-13(2)14(3)10-17/h6-11,22H,5,12H2,1-4H3,(H,27,30)(H2,26,28,31)/t22-/m1/s1. The minimum absolute atomic E-state index is 0.227. The van der Waals surface area contributed by atoms with Gasteiger partial charge in [0.15, 0.2) is 6.61 Å². The highest BCUT2D eigenvalue weighted by Crippen LogP contribution is 2.35. The molecule has 1 heterocycles. The predicted octanol–water partition coefficient (Wildman–Crippen LogP) is 4.17. The lowest BCUT2D eigenvalue weighted by Gasteiger charge is -2.30. The van der Waals surface area contributed by atoms with Gasteiger partial charge in [-0.3, -0.25) is 4.79 Å². The van der Waals surface area contributed by atoms with Crippen LogP contribution in [0.4, 0.5) is 10.5 Å². The molecule has 0 saturated heterocycles. The smallest absolute Gasteiger partial charge is 0.344 e. The largest absolute Gasteiger partial charge is 0.482 e. The van der Waals surface area contributed by atoms with Gasteiger partial charge in [-0.05, 0) is 69.2 Å². The lowest BCUT2D eigenvalue weighted by Crippen LogP contribution is -2.46. The van der Waals surface area contributed by atoms with Crippen molar-refractivity contribution in [3.63, 3.8) is 0 Å². The summed E-state index contributed by atoms with van der Waals surface area (Å²) < 4.78 is 10.6. The maximum absolute atomic E-state index is 13.3. The van der Waals surface area contributed by atoms with E-state index in [2.05, 4.69) is 16.0 Å². The summed E-state index contributed by atoms with van der Waals surface area (Å²) in [6.45, 7) is 7.19. The molecule has 0 unspecified atom stereocenters. The molecule has 174 valence electrons. The first-order chi connectivity index (χ1) is 15.7. The number of anilines is 1. The molecule has 3 N–H and O–H groups in total. The molecule has 0 bridgehead atoms.